The number of benzene rings is 1. The zero-order chi connectivity index (χ0) is 14.7. The van der Waals surface area contributed by atoms with Gasteiger partial charge in [-0.2, -0.15) is 11.8 Å². The second-order valence-electron chi connectivity index (χ2n) is 4.87. The number of hydrogen-bond donors (Lipinski definition) is 1. The van der Waals surface area contributed by atoms with Gasteiger partial charge in [-0.25, -0.2) is 0 Å². The molecule has 1 heterocycles. The molecule has 1 aromatic carbocycles. The van der Waals surface area contributed by atoms with Gasteiger partial charge in [0.2, 0.25) is 0 Å². The Kier molecular flexibility index (Phi) is 4.94. The van der Waals surface area contributed by atoms with E-state index in [-0.39, 0.29) is 6.04 Å². The molecule has 0 aromatic heterocycles. The van der Waals surface area contributed by atoms with Gasteiger partial charge in [0.25, 0.3) is 0 Å². The van der Waals surface area contributed by atoms with Crippen LogP contribution in [0, 0.1) is 6.92 Å². The van der Waals surface area contributed by atoms with E-state index >= 15 is 0 Å². The van der Waals surface area contributed by atoms with Crippen LogP contribution in [0.25, 0.3) is 0 Å². The van der Waals surface area contributed by atoms with Gasteiger partial charge < -0.3 is 10.2 Å². The Morgan fingerprint density at radius 2 is 2.20 bits per heavy atom. The first-order chi connectivity index (χ1) is 9.49. The number of carbonyl (C=O) groups excluding carboxylic acids is 2. The number of amides is 2. The molecule has 1 aliphatic heterocycles. The molecule has 0 saturated carbocycles. The molecule has 2 rings (SSSR count). The Labute approximate surface area is 127 Å². The summed E-state index contributed by atoms with van der Waals surface area (Å²) in [5, 5.41) is 3.01. The number of nitrogens with one attached hydrogen (secondary N) is 1. The zero-order valence-corrected chi connectivity index (χ0v) is 13.1. The van der Waals surface area contributed by atoms with Crippen molar-refractivity contribution >= 4 is 40.9 Å². The SMILES string of the molecule is Cc1ccc(NC(=O)C(=O)N(C)[C@@H]2CCSC2)c(Cl)c1. The fourth-order valence-electron chi connectivity index (χ4n) is 2.05. The smallest absolute Gasteiger partial charge is 0.313 e. The van der Waals surface area contributed by atoms with Crippen LogP contribution in [0.4, 0.5) is 5.69 Å². The lowest BCUT2D eigenvalue weighted by molar-refractivity contribution is -0.143. The third kappa shape index (κ3) is 3.46. The molecule has 0 bridgehead atoms. The van der Waals surface area contributed by atoms with E-state index in [1.54, 1.807) is 30.9 Å². The van der Waals surface area contributed by atoms with E-state index < -0.39 is 11.8 Å². The standard InChI is InChI=1S/C14H17ClN2O2S/c1-9-3-4-12(11(15)7-9)16-13(18)14(19)17(2)10-5-6-20-8-10/h3-4,7,10H,5-6,8H2,1-2H3,(H,16,18)/t10-/m1/s1. The van der Waals surface area contributed by atoms with Crippen LogP contribution in [0.1, 0.15) is 12.0 Å². The van der Waals surface area contributed by atoms with Gasteiger partial charge >= 0.3 is 11.8 Å². The number of aryl methyl sites for hydroxylation is 1. The van der Waals surface area contributed by atoms with Crippen molar-refractivity contribution in [2.75, 3.05) is 23.9 Å². The van der Waals surface area contributed by atoms with Crippen molar-refractivity contribution in [3.63, 3.8) is 0 Å². The van der Waals surface area contributed by atoms with Crippen LogP contribution in [0.15, 0.2) is 18.2 Å². The molecule has 1 saturated heterocycles. The molecule has 1 atom stereocenters. The monoisotopic (exact) mass is 312 g/mol. The second kappa shape index (κ2) is 6.50. The Morgan fingerprint density at radius 3 is 2.80 bits per heavy atom. The summed E-state index contributed by atoms with van der Waals surface area (Å²) >= 11 is 7.84. The Morgan fingerprint density at radius 1 is 1.45 bits per heavy atom. The highest BCUT2D eigenvalue weighted by molar-refractivity contribution is 7.99. The molecule has 0 aliphatic carbocycles. The largest absolute Gasteiger partial charge is 0.334 e. The number of likely N-dealkylation sites (N-methyl/N-ethyl adjacent to an activating group) is 1. The van der Waals surface area contributed by atoms with Gasteiger partial charge in [-0.15, -0.1) is 0 Å². The van der Waals surface area contributed by atoms with Crippen LogP contribution in [-0.4, -0.2) is 41.3 Å². The fraction of sp³-hybridized carbons (Fsp3) is 0.429. The van der Waals surface area contributed by atoms with Crippen LogP contribution in [0.2, 0.25) is 5.02 Å². The molecule has 1 fully saturated rings. The molecule has 0 spiro atoms. The maximum absolute atomic E-state index is 12.1. The molecule has 0 radical (unpaired) electrons. The van der Waals surface area contributed by atoms with Crippen molar-refractivity contribution in [1.82, 2.24) is 4.90 Å². The zero-order valence-electron chi connectivity index (χ0n) is 11.5. The third-order valence-electron chi connectivity index (χ3n) is 3.34. The topological polar surface area (TPSA) is 49.4 Å². The van der Waals surface area contributed by atoms with Crippen molar-refractivity contribution < 1.29 is 9.59 Å². The number of thioether (sulfide) groups is 1. The summed E-state index contributed by atoms with van der Waals surface area (Å²) in [5.41, 5.74) is 1.46. The Bertz CT molecular complexity index is 530. The molecular formula is C14H17ClN2O2S. The quantitative estimate of drug-likeness (QED) is 0.854. The van der Waals surface area contributed by atoms with Gasteiger partial charge in [0.15, 0.2) is 0 Å². The van der Waals surface area contributed by atoms with Crippen LogP contribution in [0.5, 0.6) is 0 Å². The first kappa shape index (κ1) is 15.2. The van der Waals surface area contributed by atoms with Gasteiger partial charge in [-0.1, -0.05) is 17.7 Å². The number of rotatable bonds is 2. The molecule has 1 N–H and O–H groups in total. The lowest BCUT2D eigenvalue weighted by atomic mass is 10.2. The maximum Gasteiger partial charge on any atom is 0.313 e. The lowest BCUT2D eigenvalue weighted by Gasteiger charge is -2.23. The number of halogens is 1. The van der Waals surface area contributed by atoms with Crippen molar-refractivity contribution in [2.45, 2.75) is 19.4 Å². The second-order valence-corrected chi connectivity index (χ2v) is 6.43. The van der Waals surface area contributed by atoms with Crippen LogP contribution in [0.3, 0.4) is 0 Å². The van der Waals surface area contributed by atoms with Crippen LogP contribution < -0.4 is 5.32 Å². The van der Waals surface area contributed by atoms with E-state index in [0.717, 1.165) is 23.5 Å². The van der Waals surface area contributed by atoms with Gasteiger partial charge in [0.1, 0.15) is 0 Å². The Balaban J connectivity index is 2.01. The third-order valence-corrected chi connectivity index (χ3v) is 4.80. The Hall–Kier alpha value is -1.20. The summed E-state index contributed by atoms with van der Waals surface area (Å²) in [6.07, 6.45) is 0.936. The molecule has 4 nitrogen and oxygen atoms in total. The summed E-state index contributed by atoms with van der Waals surface area (Å²) in [5.74, 6) is 0.762. The lowest BCUT2D eigenvalue weighted by Crippen LogP contribution is -2.43. The number of hydrogen-bond acceptors (Lipinski definition) is 3. The summed E-state index contributed by atoms with van der Waals surface area (Å²) in [6.45, 7) is 1.91. The molecule has 6 heteroatoms. The molecule has 2 amide bonds. The van der Waals surface area contributed by atoms with Crippen LogP contribution in [-0.2, 0) is 9.59 Å². The predicted octanol–water partition coefficient (Wildman–Crippen LogP) is 2.55. The van der Waals surface area contributed by atoms with E-state index in [1.165, 1.54) is 4.90 Å². The van der Waals surface area contributed by atoms with Gasteiger partial charge in [-0.3, -0.25) is 9.59 Å². The van der Waals surface area contributed by atoms with E-state index in [9.17, 15) is 9.59 Å². The predicted molar refractivity (Wildman–Crippen MR) is 83.3 cm³/mol. The minimum Gasteiger partial charge on any atom is -0.334 e. The van der Waals surface area contributed by atoms with Crippen molar-refractivity contribution in [3.8, 4) is 0 Å². The normalized spacial score (nSPS) is 17.9. The average molecular weight is 313 g/mol. The summed E-state index contributed by atoms with van der Waals surface area (Å²) in [7, 11) is 1.68. The fourth-order valence-corrected chi connectivity index (χ4v) is 3.60. The molecule has 108 valence electrons. The highest BCUT2D eigenvalue weighted by Gasteiger charge is 2.28. The van der Waals surface area contributed by atoms with Crippen molar-refractivity contribution in [1.29, 1.82) is 0 Å². The first-order valence-electron chi connectivity index (χ1n) is 6.41. The van der Waals surface area contributed by atoms with E-state index in [0.29, 0.717) is 10.7 Å². The van der Waals surface area contributed by atoms with E-state index in [1.807, 2.05) is 13.0 Å². The van der Waals surface area contributed by atoms with Gasteiger partial charge in [0, 0.05) is 18.8 Å². The number of anilines is 1. The first-order valence-corrected chi connectivity index (χ1v) is 7.94. The number of nitrogens with zero attached hydrogens (tertiary/aromatic N) is 1. The van der Waals surface area contributed by atoms with Crippen molar-refractivity contribution in [2.24, 2.45) is 0 Å². The highest BCUT2D eigenvalue weighted by Crippen LogP contribution is 2.24. The highest BCUT2D eigenvalue weighted by atomic mass is 35.5. The summed E-state index contributed by atoms with van der Waals surface area (Å²) < 4.78 is 0. The van der Waals surface area contributed by atoms with Gasteiger partial charge in [-0.05, 0) is 36.8 Å². The van der Waals surface area contributed by atoms with Gasteiger partial charge in [0.05, 0.1) is 10.7 Å². The van der Waals surface area contributed by atoms with E-state index in [2.05, 4.69) is 5.32 Å². The molecule has 20 heavy (non-hydrogen) atoms. The van der Waals surface area contributed by atoms with Crippen LogP contribution >= 0.6 is 23.4 Å². The summed E-state index contributed by atoms with van der Waals surface area (Å²) in [6, 6.07) is 5.43. The molecule has 1 aliphatic rings. The molecule has 0 unspecified atom stereocenters. The average Bonchev–Trinajstić information content (AvgIpc) is 2.94. The molecular weight excluding hydrogens is 296 g/mol. The van der Waals surface area contributed by atoms with Crippen molar-refractivity contribution in [3.05, 3.63) is 28.8 Å². The van der Waals surface area contributed by atoms with E-state index in [4.69, 9.17) is 11.6 Å². The minimum absolute atomic E-state index is 0.145. The minimum atomic E-state index is -0.643. The summed E-state index contributed by atoms with van der Waals surface area (Å²) in [4.78, 5) is 25.6. The molecule has 1 aromatic rings. The maximum atomic E-state index is 12.1. The number of carbonyl (C=O) groups is 2.